The van der Waals surface area contributed by atoms with E-state index in [1.807, 2.05) is 32.9 Å². The van der Waals surface area contributed by atoms with Crippen molar-refractivity contribution in [1.82, 2.24) is 0 Å². The SMILES string of the molecule is COc1cc(C(=O)C(C)(C)C)ccc1OCC1CCCCC1. The van der Waals surface area contributed by atoms with Gasteiger partial charge >= 0.3 is 0 Å². The molecular weight excluding hydrogens is 276 g/mol. The van der Waals surface area contributed by atoms with E-state index in [4.69, 9.17) is 9.47 Å². The molecule has 0 heterocycles. The average molecular weight is 304 g/mol. The van der Waals surface area contributed by atoms with Gasteiger partial charge in [-0.25, -0.2) is 0 Å². The van der Waals surface area contributed by atoms with Gasteiger partial charge in [-0.15, -0.1) is 0 Å². The Morgan fingerprint density at radius 2 is 1.82 bits per heavy atom. The summed E-state index contributed by atoms with van der Waals surface area (Å²) in [4.78, 5) is 12.4. The Labute approximate surface area is 134 Å². The summed E-state index contributed by atoms with van der Waals surface area (Å²) in [6, 6.07) is 5.50. The minimum absolute atomic E-state index is 0.115. The molecule has 1 saturated carbocycles. The summed E-state index contributed by atoms with van der Waals surface area (Å²) in [7, 11) is 1.62. The first-order chi connectivity index (χ1) is 10.4. The molecule has 0 radical (unpaired) electrons. The predicted octanol–water partition coefficient (Wildman–Crippen LogP) is 4.88. The van der Waals surface area contributed by atoms with Gasteiger partial charge in [0.2, 0.25) is 0 Å². The molecule has 1 fully saturated rings. The molecule has 1 aromatic carbocycles. The van der Waals surface area contributed by atoms with Crippen LogP contribution in [0.15, 0.2) is 18.2 Å². The number of ketones is 1. The molecule has 1 aliphatic rings. The number of ether oxygens (including phenoxy) is 2. The van der Waals surface area contributed by atoms with Crippen LogP contribution in [0.2, 0.25) is 0 Å². The highest BCUT2D eigenvalue weighted by molar-refractivity contribution is 6.00. The minimum Gasteiger partial charge on any atom is -0.493 e. The van der Waals surface area contributed by atoms with Gasteiger partial charge in [-0.1, -0.05) is 40.0 Å². The number of hydrogen-bond acceptors (Lipinski definition) is 3. The van der Waals surface area contributed by atoms with Gasteiger partial charge in [0.25, 0.3) is 0 Å². The van der Waals surface area contributed by atoms with E-state index in [1.54, 1.807) is 13.2 Å². The monoisotopic (exact) mass is 304 g/mol. The van der Waals surface area contributed by atoms with Crippen LogP contribution in [0, 0.1) is 11.3 Å². The maximum absolute atomic E-state index is 12.4. The molecule has 122 valence electrons. The van der Waals surface area contributed by atoms with Crippen LogP contribution in [0.4, 0.5) is 0 Å². The quantitative estimate of drug-likeness (QED) is 0.727. The zero-order chi connectivity index (χ0) is 16.2. The highest BCUT2D eigenvalue weighted by Crippen LogP contribution is 2.32. The van der Waals surface area contributed by atoms with Crippen molar-refractivity contribution in [2.24, 2.45) is 11.3 Å². The van der Waals surface area contributed by atoms with E-state index < -0.39 is 5.41 Å². The first-order valence-electron chi connectivity index (χ1n) is 8.27. The van der Waals surface area contributed by atoms with Crippen molar-refractivity contribution in [2.75, 3.05) is 13.7 Å². The highest BCUT2D eigenvalue weighted by Gasteiger charge is 2.24. The minimum atomic E-state index is -0.393. The number of Topliss-reactive ketones (excluding diaryl/α,β-unsaturated/α-hetero) is 1. The van der Waals surface area contributed by atoms with Gasteiger partial charge in [0.15, 0.2) is 17.3 Å². The number of methoxy groups -OCH3 is 1. The van der Waals surface area contributed by atoms with Gasteiger partial charge < -0.3 is 9.47 Å². The maximum Gasteiger partial charge on any atom is 0.168 e. The third-order valence-corrected chi connectivity index (χ3v) is 4.31. The standard InChI is InChI=1S/C19H28O3/c1-19(2,3)18(20)15-10-11-16(17(12-15)21-4)22-13-14-8-6-5-7-9-14/h10-12,14H,5-9,13H2,1-4H3. The molecule has 0 aromatic heterocycles. The zero-order valence-corrected chi connectivity index (χ0v) is 14.3. The van der Waals surface area contributed by atoms with E-state index in [-0.39, 0.29) is 5.78 Å². The third kappa shape index (κ3) is 4.25. The molecule has 3 nitrogen and oxygen atoms in total. The van der Waals surface area contributed by atoms with Gasteiger partial charge in [-0.05, 0) is 37.0 Å². The van der Waals surface area contributed by atoms with Crippen molar-refractivity contribution in [3.8, 4) is 11.5 Å². The fourth-order valence-electron chi connectivity index (χ4n) is 2.92. The average Bonchev–Trinajstić information content (AvgIpc) is 2.52. The lowest BCUT2D eigenvalue weighted by Crippen LogP contribution is -2.20. The largest absolute Gasteiger partial charge is 0.493 e. The molecule has 0 spiro atoms. The second-order valence-corrected chi connectivity index (χ2v) is 7.26. The predicted molar refractivity (Wildman–Crippen MR) is 88.8 cm³/mol. The number of rotatable bonds is 5. The Balaban J connectivity index is 2.07. The summed E-state index contributed by atoms with van der Waals surface area (Å²) in [6.45, 7) is 6.52. The first kappa shape index (κ1) is 16.9. The fourth-order valence-corrected chi connectivity index (χ4v) is 2.92. The van der Waals surface area contributed by atoms with E-state index in [0.29, 0.717) is 17.2 Å². The van der Waals surface area contributed by atoms with Crippen LogP contribution in [-0.2, 0) is 0 Å². The molecule has 22 heavy (non-hydrogen) atoms. The molecule has 1 aromatic rings. The molecular formula is C19H28O3. The molecule has 3 heteroatoms. The van der Waals surface area contributed by atoms with E-state index in [0.717, 1.165) is 12.4 Å². The van der Waals surface area contributed by atoms with Gasteiger partial charge in [-0.2, -0.15) is 0 Å². The van der Waals surface area contributed by atoms with Crippen LogP contribution < -0.4 is 9.47 Å². The van der Waals surface area contributed by atoms with E-state index in [2.05, 4.69) is 0 Å². The van der Waals surface area contributed by atoms with Gasteiger partial charge in [0, 0.05) is 11.0 Å². The molecule has 0 unspecified atom stereocenters. The summed E-state index contributed by atoms with van der Waals surface area (Å²) < 4.78 is 11.4. The Kier molecular flexibility index (Phi) is 5.49. The molecule has 0 saturated heterocycles. The van der Waals surface area contributed by atoms with Crippen LogP contribution in [-0.4, -0.2) is 19.5 Å². The Bertz CT molecular complexity index is 508. The van der Waals surface area contributed by atoms with Crippen molar-refractivity contribution in [2.45, 2.75) is 52.9 Å². The second kappa shape index (κ2) is 7.17. The van der Waals surface area contributed by atoms with Crippen LogP contribution >= 0.6 is 0 Å². The van der Waals surface area contributed by atoms with Crippen LogP contribution in [0.3, 0.4) is 0 Å². The normalized spacial score (nSPS) is 16.4. The smallest absolute Gasteiger partial charge is 0.168 e. The Morgan fingerprint density at radius 1 is 1.14 bits per heavy atom. The summed E-state index contributed by atoms with van der Waals surface area (Å²) >= 11 is 0. The van der Waals surface area contributed by atoms with Gasteiger partial charge in [0.05, 0.1) is 13.7 Å². The molecule has 0 bridgehead atoms. The lowest BCUT2D eigenvalue weighted by Gasteiger charge is -2.22. The van der Waals surface area contributed by atoms with Crippen LogP contribution in [0.1, 0.15) is 63.2 Å². The third-order valence-electron chi connectivity index (χ3n) is 4.31. The Hall–Kier alpha value is -1.51. The number of carbonyl (C=O) groups is 1. The van der Waals surface area contributed by atoms with Crippen molar-refractivity contribution in [3.05, 3.63) is 23.8 Å². The highest BCUT2D eigenvalue weighted by atomic mass is 16.5. The molecule has 0 N–H and O–H groups in total. The maximum atomic E-state index is 12.4. The van der Waals surface area contributed by atoms with Crippen molar-refractivity contribution in [3.63, 3.8) is 0 Å². The summed E-state index contributed by atoms with van der Waals surface area (Å²) in [5.41, 5.74) is 0.282. The lowest BCUT2D eigenvalue weighted by atomic mass is 9.86. The number of hydrogen-bond donors (Lipinski definition) is 0. The molecule has 1 aliphatic carbocycles. The molecule has 0 aliphatic heterocycles. The van der Waals surface area contributed by atoms with Crippen molar-refractivity contribution >= 4 is 5.78 Å². The van der Waals surface area contributed by atoms with E-state index >= 15 is 0 Å². The van der Waals surface area contributed by atoms with Gasteiger partial charge in [-0.3, -0.25) is 4.79 Å². The topological polar surface area (TPSA) is 35.5 Å². The molecule has 0 amide bonds. The van der Waals surface area contributed by atoms with Crippen molar-refractivity contribution in [1.29, 1.82) is 0 Å². The van der Waals surface area contributed by atoms with Crippen LogP contribution in [0.5, 0.6) is 11.5 Å². The number of carbonyl (C=O) groups excluding carboxylic acids is 1. The molecule has 2 rings (SSSR count). The van der Waals surface area contributed by atoms with Crippen molar-refractivity contribution < 1.29 is 14.3 Å². The molecule has 0 atom stereocenters. The van der Waals surface area contributed by atoms with E-state index in [9.17, 15) is 4.79 Å². The fraction of sp³-hybridized carbons (Fsp3) is 0.632. The van der Waals surface area contributed by atoms with Crippen LogP contribution in [0.25, 0.3) is 0 Å². The van der Waals surface area contributed by atoms with E-state index in [1.165, 1.54) is 32.1 Å². The zero-order valence-electron chi connectivity index (χ0n) is 14.3. The summed E-state index contributed by atoms with van der Waals surface area (Å²) in [5, 5.41) is 0. The Morgan fingerprint density at radius 3 is 2.41 bits per heavy atom. The second-order valence-electron chi connectivity index (χ2n) is 7.26. The lowest BCUT2D eigenvalue weighted by molar-refractivity contribution is 0.0858. The number of benzene rings is 1. The summed E-state index contributed by atoms with van der Waals surface area (Å²) in [5.74, 6) is 2.14. The first-order valence-corrected chi connectivity index (χ1v) is 8.27. The van der Waals surface area contributed by atoms with Gasteiger partial charge in [0.1, 0.15) is 0 Å². The summed E-state index contributed by atoms with van der Waals surface area (Å²) in [6.07, 6.45) is 6.48.